The summed E-state index contributed by atoms with van der Waals surface area (Å²) in [6, 6.07) is 10.5. The highest BCUT2D eigenvalue weighted by Gasteiger charge is 2.47. The number of amides is 1. The first-order chi connectivity index (χ1) is 13.1. The van der Waals surface area contributed by atoms with Gasteiger partial charge in [-0.3, -0.25) is 9.69 Å². The van der Waals surface area contributed by atoms with Crippen molar-refractivity contribution in [3.05, 3.63) is 52.2 Å². The van der Waals surface area contributed by atoms with Gasteiger partial charge in [-0.25, -0.2) is 0 Å². The monoisotopic (exact) mass is 384 g/mol. The van der Waals surface area contributed by atoms with E-state index in [1.165, 1.54) is 37.3 Å². The lowest BCUT2D eigenvalue weighted by atomic mass is 9.74. The van der Waals surface area contributed by atoms with Gasteiger partial charge in [-0.05, 0) is 72.3 Å². The molecule has 0 spiro atoms. The van der Waals surface area contributed by atoms with Crippen LogP contribution in [0.2, 0.25) is 0 Å². The van der Waals surface area contributed by atoms with E-state index in [2.05, 4.69) is 39.2 Å². The molecule has 4 nitrogen and oxygen atoms in total. The van der Waals surface area contributed by atoms with Gasteiger partial charge >= 0.3 is 0 Å². The van der Waals surface area contributed by atoms with Crippen LogP contribution < -0.4 is 5.32 Å². The van der Waals surface area contributed by atoms with Gasteiger partial charge in [0.1, 0.15) is 0 Å². The summed E-state index contributed by atoms with van der Waals surface area (Å²) < 4.78 is 5.97. The molecule has 1 amide bonds. The van der Waals surface area contributed by atoms with E-state index in [0.717, 1.165) is 38.3 Å². The summed E-state index contributed by atoms with van der Waals surface area (Å²) in [7, 11) is 0. The lowest BCUT2D eigenvalue weighted by Gasteiger charge is -2.43. The Morgan fingerprint density at radius 3 is 2.74 bits per heavy atom. The molecule has 2 aliphatic rings. The van der Waals surface area contributed by atoms with E-state index in [4.69, 9.17) is 4.74 Å². The Bertz CT molecular complexity index is 755. The molecule has 2 aromatic rings. The summed E-state index contributed by atoms with van der Waals surface area (Å²) in [5, 5.41) is 7.28. The van der Waals surface area contributed by atoms with Crippen LogP contribution in [0.5, 0.6) is 0 Å². The number of thiophene rings is 1. The van der Waals surface area contributed by atoms with E-state index < -0.39 is 0 Å². The molecular formula is C22H28N2O2S. The van der Waals surface area contributed by atoms with Crippen LogP contribution >= 0.6 is 11.3 Å². The quantitative estimate of drug-likeness (QED) is 0.773. The molecule has 1 aromatic carbocycles. The molecule has 2 fully saturated rings. The normalized spacial score (nSPS) is 25.3. The number of rotatable bonds is 7. The molecule has 1 N–H and O–H groups in total. The van der Waals surface area contributed by atoms with Crippen molar-refractivity contribution in [2.24, 2.45) is 5.41 Å². The molecule has 2 unspecified atom stereocenters. The van der Waals surface area contributed by atoms with Crippen molar-refractivity contribution in [3.63, 3.8) is 0 Å². The highest BCUT2D eigenvalue weighted by molar-refractivity contribution is 7.07. The first-order valence-electron chi connectivity index (χ1n) is 9.85. The largest absolute Gasteiger partial charge is 0.377 e. The third-order valence-electron chi connectivity index (χ3n) is 6.02. The average molecular weight is 385 g/mol. The Kier molecular flexibility index (Phi) is 5.62. The Labute approximate surface area is 165 Å². The number of aryl methyl sites for hydroxylation is 1. The van der Waals surface area contributed by atoms with Gasteiger partial charge in [0.25, 0.3) is 0 Å². The molecule has 0 radical (unpaired) electrons. The molecule has 5 heteroatoms. The van der Waals surface area contributed by atoms with E-state index >= 15 is 0 Å². The molecule has 2 atom stereocenters. The molecule has 2 saturated heterocycles. The number of hydrogen-bond acceptors (Lipinski definition) is 4. The fourth-order valence-electron chi connectivity index (χ4n) is 4.45. The van der Waals surface area contributed by atoms with Crippen LogP contribution in [0.25, 0.3) is 0 Å². The zero-order chi connectivity index (χ0) is 18.7. The van der Waals surface area contributed by atoms with Gasteiger partial charge in [-0.15, -0.1) is 0 Å². The van der Waals surface area contributed by atoms with Crippen LogP contribution in [0.15, 0.2) is 41.1 Å². The van der Waals surface area contributed by atoms with Crippen LogP contribution in [0.3, 0.4) is 0 Å². The Morgan fingerprint density at radius 2 is 2.11 bits per heavy atom. The number of nitrogens with zero attached hydrogens (tertiary/aromatic N) is 1. The number of benzene rings is 1. The van der Waals surface area contributed by atoms with Gasteiger partial charge in [-0.2, -0.15) is 11.3 Å². The number of nitrogens with one attached hydrogen (secondary N) is 1. The number of carbonyl (C=O) groups is 1. The highest BCUT2D eigenvalue weighted by atomic mass is 32.1. The Morgan fingerprint density at radius 1 is 1.30 bits per heavy atom. The minimum absolute atomic E-state index is 0.0294. The predicted octanol–water partition coefficient (Wildman–Crippen LogP) is 4.32. The summed E-state index contributed by atoms with van der Waals surface area (Å²) in [6.07, 6.45) is 5.24. The van der Waals surface area contributed by atoms with E-state index in [1.807, 2.05) is 12.1 Å². The minimum Gasteiger partial charge on any atom is -0.377 e. The molecule has 0 bridgehead atoms. The lowest BCUT2D eigenvalue weighted by molar-refractivity contribution is -0.126. The first-order valence-corrected chi connectivity index (χ1v) is 10.8. The van der Waals surface area contributed by atoms with Crippen molar-refractivity contribution < 1.29 is 9.53 Å². The van der Waals surface area contributed by atoms with Crippen molar-refractivity contribution in [3.8, 4) is 0 Å². The molecule has 27 heavy (non-hydrogen) atoms. The lowest BCUT2D eigenvalue weighted by Crippen LogP contribution is -2.46. The fraction of sp³-hybridized carbons (Fsp3) is 0.500. The maximum Gasteiger partial charge on any atom is 0.221 e. The predicted molar refractivity (Wildman–Crippen MR) is 110 cm³/mol. The summed E-state index contributed by atoms with van der Waals surface area (Å²) in [6.45, 7) is 5.69. The third-order valence-corrected chi connectivity index (χ3v) is 6.75. The van der Waals surface area contributed by atoms with E-state index in [1.54, 1.807) is 11.3 Å². The molecule has 144 valence electrons. The summed E-state index contributed by atoms with van der Waals surface area (Å²) >= 11 is 1.79. The van der Waals surface area contributed by atoms with Crippen molar-refractivity contribution in [1.29, 1.82) is 0 Å². The van der Waals surface area contributed by atoms with Crippen LogP contribution in [0, 0.1) is 5.41 Å². The third kappa shape index (κ3) is 4.42. The van der Waals surface area contributed by atoms with Crippen molar-refractivity contribution in [2.45, 2.75) is 45.3 Å². The SMILES string of the molecule is CC(=O)Nc1ccc(CN2CCC(CCc3ccsc3)(C3CCO3)C2)cc1. The Balaban J connectivity index is 1.38. The number of anilines is 1. The maximum atomic E-state index is 11.2. The fourth-order valence-corrected chi connectivity index (χ4v) is 5.15. The van der Waals surface area contributed by atoms with Crippen LogP contribution in [-0.4, -0.2) is 36.6 Å². The second kappa shape index (κ2) is 8.13. The van der Waals surface area contributed by atoms with Crippen molar-refractivity contribution in [2.75, 3.05) is 25.0 Å². The standard InChI is InChI=1S/C22H28N2O2S/c1-17(25)23-20-4-2-18(3-5-20)14-24-11-10-22(16-24,21-7-12-26-21)9-6-19-8-13-27-15-19/h2-5,8,13,15,21H,6-7,9-12,14,16H2,1H3,(H,23,25). The van der Waals surface area contributed by atoms with Gasteiger partial charge < -0.3 is 10.1 Å². The number of ether oxygens (including phenoxy) is 1. The van der Waals surface area contributed by atoms with Crippen LogP contribution in [0.4, 0.5) is 5.69 Å². The molecule has 2 aliphatic heterocycles. The first kappa shape index (κ1) is 18.7. The second-order valence-electron chi connectivity index (χ2n) is 7.98. The van der Waals surface area contributed by atoms with Crippen molar-refractivity contribution >= 4 is 22.9 Å². The summed E-state index contributed by atoms with van der Waals surface area (Å²) in [4.78, 5) is 13.7. The van der Waals surface area contributed by atoms with Crippen LogP contribution in [-0.2, 0) is 22.5 Å². The minimum atomic E-state index is -0.0294. The smallest absolute Gasteiger partial charge is 0.221 e. The molecule has 4 rings (SSSR count). The van der Waals surface area contributed by atoms with Gasteiger partial charge in [0.15, 0.2) is 0 Å². The highest BCUT2D eigenvalue weighted by Crippen LogP contribution is 2.44. The zero-order valence-electron chi connectivity index (χ0n) is 15.9. The summed E-state index contributed by atoms with van der Waals surface area (Å²) in [5.74, 6) is -0.0294. The maximum absolute atomic E-state index is 11.2. The van der Waals surface area contributed by atoms with Gasteiger partial charge in [0, 0.05) is 37.7 Å². The molecule has 3 heterocycles. The number of carbonyl (C=O) groups excluding carboxylic acids is 1. The van der Waals surface area contributed by atoms with E-state index in [-0.39, 0.29) is 5.91 Å². The summed E-state index contributed by atoms with van der Waals surface area (Å²) in [5.41, 5.74) is 3.93. The van der Waals surface area contributed by atoms with Crippen LogP contribution in [0.1, 0.15) is 37.3 Å². The molecule has 0 aliphatic carbocycles. The topological polar surface area (TPSA) is 41.6 Å². The van der Waals surface area contributed by atoms with Gasteiger partial charge in [0.05, 0.1) is 6.10 Å². The van der Waals surface area contributed by atoms with Crippen molar-refractivity contribution in [1.82, 2.24) is 4.90 Å². The average Bonchev–Trinajstić information content (AvgIpc) is 3.24. The van der Waals surface area contributed by atoms with E-state index in [0.29, 0.717) is 11.5 Å². The van der Waals surface area contributed by atoms with Gasteiger partial charge in [0.2, 0.25) is 5.91 Å². The van der Waals surface area contributed by atoms with Gasteiger partial charge in [-0.1, -0.05) is 12.1 Å². The second-order valence-corrected chi connectivity index (χ2v) is 8.76. The number of hydrogen-bond donors (Lipinski definition) is 1. The Hall–Kier alpha value is -1.69. The molecule has 1 aromatic heterocycles. The zero-order valence-corrected chi connectivity index (χ0v) is 16.8. The van der Waals surface area contributed by atoms with E-state index in [9.17, 15) is 4.79 Å². The molecular weight excluding hydrogens is 356 g/mol. The number of likely N-dealkylation sites (tertiary alicyclic amines) is 1. The molecule has 0 saturated carbocycles.